The van der Waals surface area contributed by atoms with E-state index in [9.17, 15) is 14.4 Å². The van der Waals surface area contributed by atoms with Crippen molar-refractivity contribution in [2.24, 2.45) is 0 Å². The fraction of sp³-hybridized carbons (Fsp3) is 0.500. The van der Waals surface area contributed by atoms with Crippen molar-refractivity contribution < 1.29 is 33.0 Å². The predicted molar refractivity (Wildman–Crippen MR) is 128 cm³/mol. The van der Waals surface area contributed by atoms with E-state index in [4.69, 9.17) is 18.6 Å². The Morgan fingerprint density at radius 1 is 0.917 bits per heavy atom. The van der Waals surface area contributed by atoms with E-state index in [-0.39, 0.29) is 30.1 Å². The van der Waals surface area contributed by atoms with Gasteiger partial charge in [-0.05, 0) is 43.2 Å². The van der Waals surface area contributed by atoms with E-state index in [1.165, 1.54) is 13.4 Å². The van der Waals surface area contributed by atoms with Crippen LogP contribution in [0.5, 0.6) is 11.5 Å². The van der Waals surface area contributed by atoms with Gasteiger partial charge in [0, 0.05) is 44.6 Å². The van der Waals surface area contributed by atoms with Crippen molar-refractivity contribution in [3.05, 3.63) is 47.9 Å². The van der Waals surface area contributed by atoms with Gasteiger partial charge in [0.15, 0.2) is 17.3 Å². The molecule has 5 rings (SSSR count). The maximum atomic E-state index is 13.6. The molecule has 0 aliphatic carbocycles. The van der Waals surface area contributed by atoms with E-state index < -0.39 is 11.8 Å². The minimum absolute atomic E-state index is 0.0897. The van der Waals surface area contributed by atoms with Gasteiger partial charge < -0.3 is 28.4 Å². The average molecular weight is 498 g/mol. The number of furan rings is 1. The molecule has 0 unspecified atom stereocenters. The SMILES string of the molecule is COc1ccc(C(=O)N2CCC3(CC2)OC[C@@H](C(=O)N2CCCC2)N3C(=O)c2ccco2)cc1OC. The van der Waals surface area contributed by atoms with E-state index in [1.807, 2.05) is 4.90 Å². The molecule has 1 aromatic heterocycles. The van der Waals surface area contributed by atoms with Crippen LogP contribution in [-0.2, 0) is 9.53 Å². The molecule has 4 heterocycles. The molecular formula is C26H31N3O7. The predicted octanol–water partition coefficient (Wildman–Crippen LogP) is 2.39. The minimum atomic E-state index is -0.974. The van der Waals surface area contributed by atoms with Crippen molar-refractivity contribution in [1.29, 1.82) is 0 Å². The number of ether oxygens (including phenoxy) is 3. The van der Waals surface area contributed by atoms with Crippen LogP contribution in [-0.4, -0.2) is 91.2 Å². The van der Waals surface area contributed by atoms with Gasteiger partial charge in [-0.3, -0.25) is 19.3 Å². The van der Waals surface area contributed by atoms with Gasteiger partial charge in [0.25, 0.3) is 11.8 Å². The second-order valence-electron chi connectivity index (χ2n) is 9.32. The number of benzene rings is 1. The van der Waals surface area contributed by atoms with Gasteiger partial charge in [0.2, 0.25) is 5.91 Å². The van der Waals surface area contributed by atoms with Crippen molar-refractivity contribution in [3.63, 3.8) is 0 Å². The first-order chi connectivity index (χ1) is 17.5. The highest BCUT2D eigenvalue weighted by Gasteiger charge is 2.55. The van der Waals surface area contributed by atoms with Gasteiger partial charge in [0.1, 0.15) is 11.8 Å². The number of hydrogen-bond donors (Lipinski definition) is 0. The number of hydrogen-bond acceptors (Lipinski definition) is 7. The highest BCUT2D eigenvalue weighted by molar-refractivity contribution is 5.97. The minimum Gasteiger partial charge on any atom is -0.493 e. The van der Waals surface area contributed by atoms with Crippen molar-refractivity contribution in [1.82, 2.24) is 14.7 Å². The molecular weight excluding hydrogens is 466 g/mol. The lowest BCUT2D eigenvalue weighted by Crippen LogP contribution is -2.60. The van der Waals surface area contributed by atoms with Crippen LogP contribution < -0.4 is 9.47 Å². The maximum Gasteiger partial charge on any atom is 0.292 e. The molecule has 36 heavy (non-hydrogen) atoms. The molecule has 0 bridgehead atoms. The Bertz CT molecular complexity index is 1120. The van der Waals surface area contributed by atoms with E-state index in [0.717, 1.165) is 12.8 Å². The van der Waals surface area contributed by atoms with Crippen molar-refractivity contribution >= 4 is 17.7 Å². The summed E-state index contributed by atoms with van der Waals surface area (Å²) >= 11 is 0. The molecule has 3 aliphatic heterocycles. The van der Waals surface area contributed by atoms with Crippen LogP contribution in [0.1, 0.15) is 46.6 Å². The fourth-order valence-electron chi connectivity index (χ4n) is 5.43. The fourth-order valence-corrected chi connectivity index (χ4v) is 5.43. The van der Waals surface area contributed by atoms with Gasteiger partial charge in [0.05, 0.1) is 27.1 Å². The molecule has 1 spiro atoms. The molecule has 1 aromatic carbocycles. The summed E-state index contributed by atoms with van der Waals surface area (Å²) in [5.41, 5.74) is -0.486. The van der Waals surface area contributed by atoms with Crippen LogP contribution in [0.15, 0.2) is 41.0 Å². The Labute approximate surface area is 209 Å². The van der Waals surface area contributed by atoms with E-state index in [1.54, 1.807) is 47.2 Å². The van der Waals surface area contributed by atoms with E-state index >= 15 is 0 Å². The molecule has 3 amide bonds. The van der Waals surface area contributed by atoms with Crippen LogP contribution in [0, 0.1) is 0 Å². The van der Waals surface area contributed by atoms with Gasteiger partial charge in [-0.2, -0.15) is 0 Å². The largest absolute Gasteiger partial charge is 0.493 e. The molecule has 1 atom stereocenters. The standard InChI is InChI=1S/C26H31N3O7/c1-33-20-8-7-18(16-22(20)34-2)23(30)28-13-9-26(10-14-28)29(25(32)21-6-5-15-35-21)19(17-36-26)24(31)27-11-3-4-12-27/h5-8,15-16,19H,3-4,9-14,17H2,1-2H3/t19-/m0/s1. The Hall–Kier alpha value is -3.53. The topological polar surface area (TPSA) is 102 Å². The molecule has 0 radical (unpaired) electrons. The molecule has 0 N–H and O–H groups in total. The van der Waals surface area contributed by atoms with Crippen LogP contribution in [0.3, 0.4) is 0 Å². The first-order valence-electron chi connectivity index (χ1n) is 12.3. The summed E-state index contributed by atoms with van der Waals surface area (Å²) in [6.45, 7) is 2.27. The van der Waals surface area contributed by atoms with Gasteiger partial charge in [-0.15, -0.1) is 0 Å². The molecule has 192 valence electrons. The summed E-state index contributed by atoms with van der Waals surface area (Å²) in [5.74, 6) is 0.601. The zero-order valence-electron chi connectivity index (χ0n) is 20.6. The van der Waals surface area contributed by atoms with Gasteiger partial charge in [-0.1, -0.05) is 0 Å². The number of piperidine rings is 1. The summed E-state index contributed by atoms with van der Waals surface area (Å²) in [6.07, 6.45) is 4.15. The van der Waals surface area contributed by atoms with E-state index in [2.05, 4.69) is 0 Å². The third-order valence-corrected chi connectivity index (χ3v) is 7.38. The lowest BCUT2D eigenvalue weighted by Gasteiger charge is -2.44. The van der Waals surface area contributed by atoms with Crippen LogP contribution >= 0.6 is 0 Å². The summed E-state index contributed by atoms with van der Waals surface area (Å²) in [5, 5.41) is 0. The molecule has 2 aromatic rings. The highest BCUT2D eigenvalue weighted by Crippen LogP contribution is 2.40. The average Bonchev–Trinajstić information content (AvgIpc) is 3.69. The van der Waals surface area contributed by atoms with Gasteiger partial charge >= 0.3 is 0 Å². The third-order valence-electron chi connectivity index (χ3n) is 7.38. The van der Waals surface area contributed by atoms with Crippen molar-refractivity contribution in [3.8, 4) is 11.5 Å². The number of carbonyl (C=O) groups is 3. The van der Waals surface area contributed by atoms with Crippen LogP contribution in [0.25, 0.3) is 0 Å². The smallest absolute Gasteiger partial charge is 0.292 e. The molecule has 0 saturated carbocycles. The maximum absolute atomic E-state index is 13.6. The number of rotatable bonds is 5. The summed E-state index contributed by atoms with van der Waals surface area (Å²) < 4.78 is 22.2. The summed E-state index contributed by atoms with van der Waals surface area (Å²) in [6, 6.07) is 7.61. The second kappa shape index (κ2) is 9.85. The Morgan fingerprint density at radius 3 is 2.28 bits per heavy atom. The molecule has 10 heteroatoms. The molecule has 10 nitrogen and oxygen atoms in total. The Morgan fingerprint density at radius 2 is 1.64 bits per heavy atom. The Kier molecular flexibility index (Phi) is 6.61. The molecule has 3 aliphatic rings. The second-order valence-corrected chi connectivity index (χ2v) is 9.32. The zero-order chi connectivity index (χ0) is 25.3. The summed E-state index contributed by atoms with van der Waals surface area (Å²) in [4.78, 5) is 45.3. The Balaban J connectivity index is 1.35. The van der Waals surface area contributed by atoms with Crippen LogP contribution in [0.2, 0.25) is 0 Å². The third kappa shape index (κ3) is 4.19. The first kappa shape index (κ1) is 24.2. The number of likely N-dealkylation sites (tertiary alicyclic amines) is 2. The number of methoxy groups -OCH3 is 2. The first-order valence-corrected chi connectivity index (χ1v) is 12.3. The summed E-state index contributed by atoms with van der Waals surface area (Å²) in [7, 11) is 3.07. The van der Waals surface area contributed by atoms with Crippen molar-refractivity contribution in [2.45, 2.75) is 37.5 Å². The quantitative estimate of drug-likeness (QED) is 0.625. The number of carbonyl (C=O) groups excluding carboxylic acids is 3. The zero-order valence-corrected chi connectivity index (χ0v) is 20.6. The normalized spacial score (nSPS) is 21.2. The number of nitrogens with zero attached hydrogens (tertiary/aromatic N) is 3. The molecule has 3 fully saturated rings. The lowest BCUT2D eigenvalue weighted by molar-refractivity contribution is -0.136. The highest BCUT2D eigenvalue weighted by atomic mass is 16.5. The molecule has 3 saturated heterocycles. The lowest BCUT2D eigenvalue weighted by atomic mass is 9.96. The monoisotopic (exact) mass is 497 g/mol. The van der Waals surface area contributed by atoms with Gasteiger partial charge in [-0.25, -0.2) is 0 Å². The van der Waals surface area contributed by atoms with E-state index in [0.29, 0.717) is 56.1 Å². The number of amides is 3. The van der Waals surface area contributed by atoms with Crippen LogP contribution in [0.4, 0.5) is 0 Å². The van der Waals surface area contributed by atoms with Crippen molar-refractivity contribution in [2.75, 3.05) is 47.0 Å².